The van der Waals surface area contributed by atoms with Gasteiger partial charge in [-0.25, -0.2) is 9.97 Å². The van der Waals surface area contributed by atoms with E-state index in [0.29, 0.717) is 17.7 Å². The number of anilines is 1. The second-order valence-corrected chi connectivity index (χ2v) is 2.85. The van der Waals surface area contributed by atoms with Crippen LogP contribution >= 0.6 is 15.9 Å². The van der Waals surface area contributed by atoms with E-state index in [2.05, 4.69) is 31.2 Å². The maximum absolute atomic E-state index is 11.0. The van der Waals surface area contributed by atoms with Gasteiger partial charge in [-0.15, -0.1) is 0 Å². The minimum atomic E-state index is -0.0851. The van der Waals surface area contributed by atoms with Crippen LogP contribution in [0.15, 0.2) is 18.5 Å². The summed E-state index contributed by atoms with van der Waals surface area (Å²) in [6.07, 6.45) is 3.59. The minimum Gasteiger partial charge on any atom is -0.295 e. The fraction of sp³-hybridized carbons (Fsp3) is 0.286. The first-order valence-corrected chi connectivity index (χ1v) is 4.58. The Morgan fingerprint density at radius 3 is 2.75 bits per heavy atom. The van der Waals surface area contributed by atoms with Crippen molar-refractivity contribution in [3.8, 4) is 0 Å². The number of hydrogen-bond acceptors (Lipinski definition) is 3. The highest BCUT2D eigenvalue weighted by molar-refractivity contribution is 9.09. The largest absolute Gasteiger partial charge is 0.295 e. The van der Waals surface area contributed by atoms with Gasteiger partial charge in [0, 0.05) is 24.1 Å². The summed E-state index contributed by atoms with van der Waals surface area (Å²) in [5, 5.41) is 3.20. The molecule has 0 aromatic carbocycles. The van der Waals surface area contributed by atoms with Gasteiger partial charge in [-0.3, -0.25) is 10.1 Å². The monoisotopic (exact) mass is 229 g/mol. The van der Waals surface area contributed by atoms with Crippen LogP contribution in [0.1, 0.15) is 6.42 Å². The third-order valence-corrected chi connectivity index (χ3v) is 1.54. The number of carbonyl (C=O) groups is 1. The summed E-state index contributed by atoms with van der Waals surface area (Å²) < 4.78 is 0. The number of alkyl halides is 1. The summed E-state index contributed by atoms with van der Waals surface area (Å²) >= 11 is 3.16. The molecule has 0 saturated carbocycles. The van der Waals surface area contributed by atoms with Crippen LogP contribution in [0.2, 0.25) is 0 Å². The Kier molecular flexibility index (Phi) is 3.66. The second-order valence-electron chi connectivity index (χ2n) is 2.06. The maximum Gasteiger partial charge on any atom is 0.229 e. The predicted molar refractivity (Wildman–Crippen MR) is 49.1 cm³/mol. The molecule has 0 saturated heterocycles. The van der Waals surface area contributed by atoms with Crippen molar-refractivity contribution in [2.75, 3.05) is 10.6 Å². The molecule has 0 atom stereocenters. The van der Waals surface area contributed by atoms with Crippen molar-refractivity contribution < 1.29 is 4.79 Å². The van der Waals surface area contributed by atoms with Gasteiger partial charge in [-0.2, -0.15) is 0 Å². The van der Waals surface area contributed by atoms with Crippen LogP contribution in [-0.2, 0) is 4.79 Å². The summed E-state index contributed by atoms with van der Waals surface area (Å²) in [4.78, 5) is 18.7. The van der Waals surface area contributed by atoms with Gasteiger partial charge in [-0.05, 0) is 6.07 Å². The van der Waals surface area contributed by atoms with Crippen molar-refractivity contribution in [1.82, 2.24) is 9.97 Å². The van der Waals surface area contributed by atoms with E-state index in [4.69, 9.17) is 0 Å². The summed E-state index contributed by atoms with van der Waals surface area (Å²) in [5.74, 6) is 0.265. The van der Waals surface area contributed by atoms with Crippen LogP contribution in [0, 0.1) is 0 Å². The molecule has 0 radical (unpaired) electrons. The number of nitrogens with one attached hydrogen (secondary N) is 1. The Bertz CT molecular complexity index is 252. The molecule has 0 unspecified atom stereocenters. The molecule has 1 aromatic rings. The standard InChI is InChI=1S/C7H8BrN3O/c8-3-2-6(12)11-7-9-4-1-5-10-7/h1,4-5H,2-3H2,(H,9,10,11,12). The zero-order valence-electron chi connectivity index (χ0n) is 6.33. The molecule has 4 nitrogen and oxygen atoms in total. The molecule has 0 fully saturated rings. The zero-order chi connectivity index (χ0) is 8.81. The number of nitrogens with zero attached hydrogens (tertiary/aromatic N) is 2. The lowest BCUT2D eigenvalue weighted by Crippen LogP contribution is -2.13. The lowest BCUT2D eigenvalue weighted by atomic mass is 10.4. The highest BCUT2D eigenvalue weighted by atomic mass is 79.9. The number of hydrogen-bond donors (Lipinski definition) is 1. The van der Waals surface area contributed by atoms with E-state index in [9.17, 15) is 4.79 Å². The molecule has 64 valence electrons. The molecule has 12 heavy (non-hydrogen) atoms. The highest BCUT2D eigenvalue weighted by Gasteiger charge is 2.00. The Hall–Kier alpha value is -0.970. The van der Waals surface area contributed by atoms with Crippen LogP contribution in [0.5, 0.6) is 0 Å². The van der Waals surface area contributed by atoms with E-state index in [1.54, 1.807) is 18.5 Å². The van der Waals surface area contributed by atoms with Gasteiger partial charge >= 0.3 is 0 Å². The van der Waals surface area contributed by atoms with Gasteiger partial charge in [0.05, 0.1) is 0 Å². The first-order valence-electron chi connectivity index (χ1n) is 3.46. The molecule has 0 aliphatic carbocycles. The zero-order valence-corrected chi connectivity index (χ0v) is 7.91. The molecule has 0 aliphatic rings. The van der Waals surface area contributed by atoms with Gasteiger partial charge in [0.2, 0.25) is 11.9 Å². The fourth-order valence-corrected chi connectivity index (χ4v) is 0.997. The van der Waals surface area contributed by atoms with E-state index < -0.39 is 0 Å². The smallest absolute Gasteiger partial charge is 0.229 e. The van der Waals surface area contributed by atoms with Crippen LogP contribution in [0.3, 0.4) is 0 Å². The van der Waals surface area contributed by atoms with Gasteiger partial charge in [0.15, 0.2) is 0 Å². The number of carbonyl (C=O) groups excluding carboxylic acids is 1. The van der Waals surface area contributed by atoms with Gasteiger partial charge < -0.3 is 0 Å². The molecular formula is C7H8BrN3O. The third kappa shape index (κ3) is 2.96. The van der Waals surface area contributed by atoms with Crippen LogP contribution in [-0.4, -0.2) is 21.2 Å². The molecule has 1 rings (SSSR count). The Morgan fingerprint density at radius 1 is 1.50 bits per heavy atom. The van der Waals surface area contributed by atoms with Crippen molar-refractivity contribution in [2.24, 2.45) is 0 Å². The van der Waals surface area contributed by atoms with Crippen molar-refractivity contribution in [1.29, 1.82) is 0 Å². The molecular weight excluding hydrogens is 222 g/mol. The first kappa shape index (κ1) is 9.12. The van der Waals surface area contributed by atoms with Crippen LogP contribution < -0.4 is 5.32 Å². The Labute approximate surface area is 78.5 Å². The van der Waals surface area contributed by atoms with E-state index in [1.807, 2.05) is 0 Å². The number of aromatic nitrogens is 2. The van der Waals surface area contributed by atoms with Crippen LogP contribution in [0.25, 0.3) is 0 Å². The summed E-state index contributed by atoms with van der Waals surface area (Å²) in [6, 6.07) is 1.69. The summed E-state index contributed by atoms with van der Waals surface area (Å²) in [7, 11) is 0. The van der Waals surface area contributed by atoms with E-state index >= 15 is 0 Å². The molecule has 0 bridgehead atoms. The van der Waals surface area contributed by atoms with Crippen molar-refractivity contribution in [3.05, 3.63) is 18.5 Å². The van der Waals surface area contributed by atoms with Crippen molar-refractivity contribution in [2.45, 2.75) is 6.42 Å². The van der Waals surface area contributed by atoms with Crippen molar-refractivity contribution >= 4 is 27.8 Å². The van der Waals surface area contributed by atoms with Gasteiger partial charge in [0.25, 0.3) is 0 Å². The SMILES string of the molecule is O=C(CCBr)Nc1ncccn1. The second kappa shape index (κ2) is 4.82. The molecule has 1 heterocycles. The molecule has 0 spiro atoms. The quantitative estimate of drug-likeness (QED) is 0.793. The molecule has 5 heteroatoms. The number of halogens is 1. The number of amides is 1. The minimum absolute atomic E-state index is 0.0851. The predicted octanol–water partition coefficient (Wildman–Crippen LogP) is 1.20. The van der Waals surface area contributed by atoms with E-state index in [1.165, 1.54) is 0 Å². The van der Waals surface area contributed by atoms with E-state index in [0.717, 1.165) is 0 Å². The topological polar surface area (TPSA) is 54.9 Å². The molecule has 1 aromatic heterocycles. The maximum atomic E-state index is 11.0. The van der Waals surface area contributed by atoms with Crippen LogP contribution in [0.4, 0.5) is 5.95 Å². The Balaban J connectivity index is 2.47. The molecule has 1 N–H and O–H groups in total. The summed E-state index contributed by atoms with van der Waals surface area (Å²) in [5.41, 5.74) is 0. The third-order valence-electron chi connectivity index (χ3n) is 1.14. The van der Waals surface area contributed by atoms with E-state index in [-0.39, 0.29) is 5.91 Å². The lowest BCUT2D eigenvalue weighted by Gasteiger charge is -1.99. The average molecular weight is 230 g/mol. The average Bonchev–Trinajstić information content (AvgIpc) is 2.06. The Morgan fingerprint density at radius 2 is 2.17 bits per heavy atom. The van der Waals surface area contributed by atoms with Gasteiger partial charge in [0.1, 0.15) is 0 Å². The number of rotatable bonds is 3. The summed E-state index contributed by atoms with van der Waals surface area (Å²) in [6.45, 7) is 0. The highest BCUT2D eigenvalue weighted by Crippen LogP contribution is 1.96. The van der Waals surface area contributed by atoms with Crippen molar-refractivity contribution in [3.63, 3.8) is 0 Å². The normalized spacial score (nSPS) is 9.42. The molecule has 1 amide bonds. The molecule has 0 aliphatic heterocycles. The lowest BCUT2D eigenvalue weighted by molar-refractivity contribution is -0.115. The first-order chi connectivity index (χ1) is 5.83. The van der Waals surface area contributed by atoms with Gasteiger partial charge in [-0.1, -0.05) is 15.9 Å². The fourth-order valence-electron chi connectivity index (χ4n) is 0.637.